The molecular weight excluding hydrogens is 544 g/mol. The smallest absolute Gasteiger partial charge is 0.325 e. The SMILES string of the molecule is CCOCCN(c1ccnc(NC(=O)c2ccc(CCN3CCC(O)CC3)cc2)c1)c1ccc2c(ccn2C(=O)NC)c1. The molecule has 2 aromatic heterocycles. The topological polar surface area (TPSA) is 112 Å². The molecule has 0 aliphatic carbocycles. The van der Waals surface area contributed by atoms with Gasteiger partial charge in [0.15, 0.2) is 0 Å². The van der Waals surface area contributed by atoms with Crippen LogP contribution in [0.25, 0.3) is 10.9 Å². The highest BCUT2D eigenvalue weighted by atomic mass is 16.5. The van der Waals surface area contributed by atoms with Crippen molar-refractivity contribution in [1.82, 2.24) is 19.8 Å². The number of hydrogen-bond acceptors (Lipinski definition) is 7. The molecule has 0 saturated carbocycles. The summed E-state index contributed by atoms with van der Waals surface area (Å²) < 4.78 is 7.25. The number of rotatable bonds is 11. The third-order valence-corrected chi connectivity index (χ3v) is 7.87. The van der Waals surface area contributed by atoms with Gasteiger partial charge in [-0.2, -0.15) is 0 Å². The average Bonchev–Trinajstić information content (AvgIpc) is 3.46. The van der Waals surface area contributed by atoms with Crippen molar-refractivity contribution in [2.75, 3.05) is 56.7 Å². The molecule has 0 spiro atoms. The molecule has 226 valence electrons. The Hall–Kier alpha value is -4.25. The average molecular weight is 585 g/mol. The summed E-state index contributed by atoms with van der Waals surface area (Å²) in [7, 11) is 1.61. The number of fused-ring (bicyclic) bond motifs is 1. The van der Waals surface area contributed by atoms with Crippen LogP contribution in [0.4, 0.5) is 22.0 Å². The molecule has 0 radical (unpaired) electrons. The molecule has 0 bridgehead atoms. The molecule has 1 fully saturated rings. The highest BCUT2D eigenvalue weighted by molar-refractivity contribution is 6.04. The minimum Gasteiger partial charge on any atom is -0.393 e. The summed E-state index contributed by atoms with van der Waals surface area (Å²) in [5.41, 5.74) is 4.34. The van der Waals surface area contributed by atoms with Crippen LogP contribution in [0.5, 0.6) is 0 Å². The van der Waals surface area contributed by atoms with E-state index in [1.807, 2.05) is 67.6 Å². The Balaban J connectivity index is 1.28. The largest absolute Gasteiger partial charge is 0.393 e. The number of anilines is 3. The number of likely N-dealkylation sites (tertiary alicyclic amines) is 1. The Labute approximate surface area is 252 Å². The number of pyridine rings is 1. The maximum atomic E-state index is 13.1. The van der Waals surface area contributed by atoms with Crippen LogP contribution in [0.2, 0.25) is 0 Å². The van der Waals surface area contributed by atoms with Crippen molar-refractivity contribution < 1.29 is 19.4 Å². The van der Waals surface area contributed by atoms with E-state index in [0.717, 1.165) is 61.2 Å². The first kappa shape index (κ1) is 30.2. The van der Waals surface area contributed by atoms with Crippen LogP contribution in [0, 0.1) is 0 Å². The first-order chi connectivity index (χ1) is 20.9. The van der Waals surface area contributed by atoms with Crippen molar-refractivity contribution in [1.29, 1.82) is 0 Å². The van der Waals surface area contributed by atoms with Crippen molar-refractivity contribution in [2.24, 2.45) is 0 Å². The molecule has 3 heterocycles. The number of aliphatic hydroxyl groups excluding tert-OH is 1. The van der Waals surface area contributed by atoms with Gasteiger partial charge in [-0.25, -0.2) is 9.78 Å². The normalized spacial score (nSPS) is 14.1. The van der Waals surface area contributed by atoms with Crippen LogP contribution < -0.4 is 15.5 Å². The molecule has 2 amide bonds. The molecule has 1 aliphatic heterocycles. The highest BCUT2D eigenvalue weighted by Crippen LogP contribution is 2.30. The number of carbonyl (C=O) groups excluding carboxylic acids is 2. The molecule has 0 atom stereocenters. The molecule has 1 aliphatic rings. The highest BCUT2D eigenvalue weighted by Gasteiger charge is 2.17. The van der Waals surface area contributed by atoms with E-state index >= 15 is 0 Å². The molecule has 4 aromatic rings. The quantitative estimate of drug-likeness (QED) is 0.220. The van der Waals surface area contributed by atoms with Crippen molar-refractivity contribution in [2.45, 2.75) is 32.3 Å². The zero-order valence-electron chi connectivity index (χ0n) is 24.8. The van der Waals surface area contributed by atoms with Gasteiger partial charge in [0.2, 0.25) is 0 Å². The first-order valence-electron chi connectivity index (χ1n) is 14.9. The predicted octanol–water partition coefficient (Wildman–Crippen LogP) is 4.65. The van der Waals surface area contributed by atoms with Crippen molar-refractivity contribution in [3.8, 4) is 0 Å². The molecule has 10 heteroatoms. The van der Waals surface area contributed by atoms with E-state index in [1.165, 1.54) is 5.56 Å². The third kappa shape index (κ3) is 7.59. The standard InChI is InChI=1S/C33H40N6O4/c1-3-43-21-20-38(27-8-9-30-26(22-27)12-19-39(30)33(42)34-2)28-10-15-35-31(23-28)36-32(41)25-6-4-24(5-7-25)11-16-37-17-13-29(40)14-18-37/h4-10,12,15,19,22-23,29,40H,3,11,13-14,16-18,20-21H2,1-2H3,(H,34,42)(H,35,36,41). The Kier molecular flexibility index (Phi) is 10.0. The summed E-state index contributed by atoms with van der Waals surface area (Å²) >= 11 is 0. The third-order valence-electron chi connectivity index (χ3n) is 7.87. The van der Waals surface area contributed by atoms with Crippen LogP contribution in [-0.2, 0) is 11.2 Å². The van der Waals surface area contributed by atoms with Crippen LogP contribution in [-0.4, -0.2) is 84.0 Å². The summed E-state index contributed by atoms with van der Waals surface area (Å²) in [6.07, 6.45) is 5.85. The van der Waals surface area contributed by atoms with Gasteiger partial charge in [-0.3, -0.25) is 9.36 Å². The predicted molar refractivity (Wildman–Crippen MR) is 169 cm³/mol. The number of ether oxygens (including phenoxy) is 1. The van der Waals surface area contributed by atoms with Crippen LogP contribution in [0.15, 0.2) is 73.1 Å². The first-order valence-corrected chi connectivity index (χ1v) is 14.9. The lowest BCUT2D eigenvalue weighted by molar-refractivity contribution is 0.0832. The fourth-order valence-electron chi connectivity index (χ4n) is 5.40. The van der Waals surface area contributed by atoms with Crippen molar-refractivity contribution >= 4 is 40.0 Å². The summed E-state index contributed by atoms with van der Waals surface area (Å²) in [5.74, 6) is 0.228. The van der Waals surface area contributed by atoms with Crippen molar-refractivity contribution in [3.63, 3.8) is 0 Å². The van der Waals surface area contributed by atoms with Gasteiger partial charge < -0.3 is 30.3 Å². The van der Waals surface area contributed by atoms with E-state index in [2.05, 4.69) is 25.4 Å². The lowest BCUT2D eigenvalue weighted by Crippen LogP contribution is -2.37. The van der Waals surface area contributed by atoms with Gasteiger partial charge in [0.05, 0.1) is 18.2 Å². The number of piperidine rings is 1. The number of aliphatic hydroxyl groups is 1. The van der Waals surface area contributed by atoms with Gasteiger partial charge in [0.25, 0.3) is 5.91 Å². The zero-order chi connectivity index (χ0) is 30.2. The van der Waals surface area contributed by atoms with E-state index in [-0.39, 0.29) is 18.0 Å². The lowest BCUT2D eigenvalue weighted by atomic mass is 10.1. The van der Waals surface area contributed by atoms with Crippen LogP contribution in [0.1, 0.15) is 35.7 Å². The number of hydrogen-bond donors (Lipinski definition) is 3. The number of aromatic nitrogens is 2. The Bertz CT molecular complexity index is 1530. The van der Waals surface area contributed by atoms with Gasteiger partial charge >= 0.3 is 6.03 Å². The second-order valence-electron chi connectivity index (χ2n) is 10.7. The lowest BCUT2D eigenvalue weighted by Gasteiger charge is -2.29. The van der Waals surface area contributed by atoms with Gasteiger partial charge in [-0.1, -0.05) is 12.1 Å². The molecule has 0 unspecified atom stereocenters. The number of nitrogens with one attached hydrogen (secondary N) is 2. The van der Waals surface area contributed by atoms with E-state index in [4.69, 9.17) is 4.74 Å². The summed E-state index contributed by atoms with van der Waals surface area (Å²) in [5, 5.41) is 16.2. The number of nitrogens with zero attached hydrogens (tertiary/aromatic N) is 4. The van der Waals surface area contributed by atoms with Gasteiger partial charge in [0.1, 0.15) is 5.82 Å². The van der Waals surface area contributed by atoms with E-state index in [1.54, 1.807) is 24.0 Å². The molecule has 1 saturated heterocycles. The Morgan fingerprint density at radius 2 is 1.81 bits per heavy atom. The molecule has 2 aromatic carbocycles. The van der Waals surface area contributed by atoms with Crippen molar-refractivity contribution in [3.05, 3.63) is 84.2 Å². The Morgan fingerprint density at radius 3 is 2.56 bits per heavy atom. The van der Waals surface area contributed by atoms with Gasteiger partial charge in [0, 0.05) is 80.6 Å². The monoisotopic (exact) mass is 584 g/mol. The zero-order valence-corrected chi connectivity index (χ0v) is 24.8. The maximum absolute atomic E-state index is 13.1. The summed E-state index contributed by atoms with van der Waals surface area (Å²) in [4.78, 5) is 34.2. The molecular formula is C33H40N6O4. The van der Waals surface area contributed by atoms with E-state index in [9.17, 15) is 14.7 Å². The summed E-state index contributed by atoms with van der Waals surface area (Å²) in [6.45, 7) is 6.48. The molecule has 43 heavy (non-hydrogen) atoms. The second kappa shape index (κ2) is 14.3. The fraction of sp³-hybridized carbons (Fsp3) is 0.364. The van der Waals surface area contributed by atoms with Gasteiger partial charge in [-0.05, 0) is 74.2 Å². The summed E-state index contributed by atoms with van der Waals surface area (Å²) in [6, 6.07) is 19.1. The molecule has 5 rings (SSSR count). The fourth-order valence-corrected chi connectivity index (χ4v) is 5.40. The number of carbonyl (C=O) groups is 2. The van der Waals surface area contributed by atoms with Crippen LogP contribution >= 0.6 is 0 Å². The van der Waals surface area contributed by atoms with Crippen LogP contribution in [0.3, 0.4) is 0 Å². The maximum Gasteiger partial charge on any atom is 0.325 e. The van der Waals surface area contributed by atoms with E-state index in [0.29, 0.717) is 31.1 Å². The minimum absolute atomic E-state index is 0.165. The number of benzene rings is 2. The second-order valence-corrected chi connectivity index (χ2v) is 10.7. The van der Waals surface area contributed by atoms with E-state index < -0.39 is 0 Å². The van der Waals surface area contributed by atoms with Gasteiger partial charge in [-0.15, -0.1) is 0 Å². The Morgan fingerprint density at radius 1 is 1.05 bits per heavy atom. The minimum atomic E-state index is -0.223. The number of amides is 2. The molecule has 3 N–H and O–H groups in total. The molecule has 10 nitrogen and oxygen atoms in total.